The molecule has 1 atom stereocenters. The standard InChI is InChI=1S/C24H19N3S/c1-4-10-18(11-5-1)21-16-22(19-12-6-2-7-13-19)26-27-23(17-28-24(27)25-21)20-14-8-3-9-15-20/h1-15,17,21H,16H2. The molecule has 4 heteroatoms. The highest BCUT2D eigenvalue weighted by atomic mass is 32.2. The molecule has 0 bridgehead atoms. The number of fused-ring (bicyclic) bond motifs is 1. The highest BCUT2D eigenvalue weighted by Crippen LogP contribution is 2.38. The van der Waals surface area contributed by atoms with Gasteiger partial charge in [-0.05, 0) is 11.1 Å². The van der Waals surface area contributed by atoms with Gasteiger partial charge < -0.3 is 0 Å². The molecule has 3 aromatic rings. The van der Waals surface area contributed by atoms with Gasteiger partial charge in [0.05, 0.1) is 17.5 Å². The quantitative estimate of drug-likeness (QED) is 0.562. The van der Waals surface area contributed by atoms with E-state index in [-0.39, 0.29) is 6.04 Å². The van der Waals surface area contributed by atoms with Gasteiger partial charge in [-0.1, -0.05) is 103 Å². The van der Waals surface area contributed by atoms with E-state index in [1.54, 1.807) is 11.8 Å². The molecule has 2 aliphatic heterocycles. The fraction of sp³-hybridized carbons (Fsp3) is 0.0833. The van der Waals surface area contributed by atoms with Gasteiger partial charge in [0.25, 0.3) is 0 Å². The van der Waals surface area contributed by atoms with Crippen LogP contribution in [0.3, 0.4) is 0 Å². The summed E-state index contributed by atoms with van der Waals surface area (Å²) < 4.78 is 0. The molecule has 1 unspecified atom stereocenters. The van der Waals surface area contributed by atoms with E-state index in [9.17, 15) is 0 Å². The zero-order valence-electron chi connectivity index (χ0n) is 15.3. The van der Waals surface area contributed by atoms with E-state index in [1.165, 1.54) is 5.56 Å². The third kappa shape index (κ3) is 3.27. The second-order valence-electron chi connectivity index (χ2n) is 6.75. The fourth-order valence-electron chi connectivity index (χ4n) is 3.49. The molecule has 2 aliphatic rings. The third-order valence-corrected chi connectivity index (χ3v) is 5.75. The number of hydrogen-bond donors (Lipinski definition) is 0. The summed E-state index contributed by atoms with van der Waals surface area (Å²) in [6.45, 7) is 0. The van der Waals surface area contributed by atoms with Crippen molar-refractivity contribution in [3.8, 4) is 0 Å². The van der Waals surface area contributed by atoms with Crippen molar-refractivity contribution in [3.05, 3.63) is 113 Å². The first-order valence-corrected chi connectivity index (χ1v) is 10.2. The second kappa shape index (κ2) is 7.49. The van der Waals surface area contributed by atoms with Gasteiger partial charge in [0.2, 0.25) is 0 Å². The topological polar surface area (TPSA) is 28.0 Å². The summed E-state index contributed by atoms with van der Waals surface area (Å²) in [6, 6.07) is 31.4. The molecule has 0 saturated heterocycles. The monoisotopic (exact) mass is 381 g/mol. The minimum atomic E-state index is 0.0520. The summed E-state index contributed by atoms with van der Waals surface area (Å²) in [5, 5.41) is 10.2. The Morgan fingerprint density at radius 3 is 2.04 bits per heavy atom. The summed E-state index contributed by atoms with van der Waals surface area (Å²) >= 11 is 1.65. The fourth-order valence-corrected chi connectivity index (χ4v) is 4.37. The average molecular weight is 382 g/mol. The van der Waals surface area contributed by atoms with Gasteiger partial charge in [0, 0.05) is 17.4 Å². The van der Waals surface area contributed by atoms with Crippen molar-refractivity contribution >= 4 is 28.3 Å². The van der Waals surface area contributed by atoms with E-state index >= 15 is 0 Å². The molecule has 5 rings (SSSR count). The number of benzene rings is 3. The molecule has 0 saturated carbocycles. The van der Waals surface area contributed by atoms with E-state index in [4.69, 9.17) is 10.1 Å². The van der Waals surface area contributed by atoms with Crippen LogP contribution in [0.1, 0.15) is 29.2 Å². The molecule has 2 heterocycles. The molecule has 0 aromatic heterocycles. The van der Waals surface area contributed by atoms with Crippen LogP contribution in [-0.4, -0.2) is 15.9 Å². The first-order chi connectivity index (χ1) is 13.9. The van der Waals surface area contributed by atoms with E-state index in [2.05, 4.69) is 78.2 Å². The smallest absolute Gasteiger partial charge is 0.189 e. The Balaban J connectivity index is 1.60. The molecule has 0 amide bonds. The Morgan fingerprint density at radius 2 is 1.36 bits per heavy atom. The van der Waals surface area contributed by atoms with Crippen LogP contribution in [-0.2, 0) is 0 Å². The lowest BCUT2D eigenvalue weighted by Crippen LogP contribution is -2.18. The van der Waals surface area contributed by atoms with Crippen molar-refractivity contribution in [1.29, 1.82) is 0 Å². The largest absolute Gasteiger partial charge is 0.252 e. The SMILES string of the molecule is C1=C(c2ccccc2)N2N=C(c3ccccc3)CC(c3ccccc3)N=C2S1. The number of hydrogen-bond acceptors (Lipinski definition) is 4. The lowest BCUT2D eigenvalue weighted by Gasteiger charge is -2.17. The predicted octanol–water partition coefficient (Wildman–Crippen LogP) is 5.94. The molecule has 3 aromatic carbocycles. The van der Waals surface area contributed by atoms with Gasteiger partial charge in [-0.25, -0.2) is 5.01 Å². The van der Waals surface area contributed by atoms with Crippen LogP contribution in [0.5, 0.6) is 0 Å². The Morgan fingerprint density at radius 1 is 0.750 bits per heavy atom. The summed E-state index contributed by atoms with van der Waals surface area (Å²) in [5.41, 5.74) is 5.64. The van der Waals surface area contributed by atoms with Crippen LogP contribution in [0.25, 0.3) is 5.70 Å². The van der Waals surface area contributed by atoms with Crippen LogP contribution < -0.4 is 0 Å². The van der Waals surface area contributed by atoms with Crippen LogP contribution in [0.15, 0.2) is 106 Å². The minimum absolute atomic E-state index is 0.0520. The number of hydrazone groups is 1. The Kier molecular flexibility index (Phi) is 4.55. The van der Waals surface area contributed by atoms with Crippen molar-refractivity contribution in [2.45, 2.75) is 12.5 Å². The predicted molar refractivity (Wildman–Crippen MR) is 118 cm³/mol. The van der Waals surface area contributed by atoms with Crippen molar-refractivity contribution < 1.29 is 0 Å². The molecule has 28 heavy (non-hydrogen) atoms. The lowest BCUT2D eigenvalue weighted by molar-refractivity contribution is 0.647. The van der Waals surface area contributed by atoms with E-state index in [0.717, 1.165) is 34.1 Å². The molecular formula is C24H19N3S. The van der Waals surface area contributed by atoms with E-state index < -0.39 is 0 Å². The van der Waals surface area contributed by atoms with Gasteiger partial charge in [-0.3, -0.25) is 4.99 Å². The van der Waals surface area contributed by atoms with Crippen LogP contribution in [0, 0.1) is 0 Å². The van der Waals surface area contributed by atoms with E-state index in [0.29, 0.717) is 0 Å². The number of nitrogens with zero attached hydrogens (tertiary/aromatic N) is 3. The van der Waals surface area contributed by atoms with Gasteiger partial charge in [-0.2, -0.15) is 5.10 Å². The number of rotatable bonds is 3. The van der Waals surface area contributed by atoms with Crippen molar-refractivity contribution in [2.75, 3.05) is 0 Å². The second-order valence-corrected chi connectivity index (χ2v) is 7.59. The molecule has 0 spiro atoms. The average Bonchev–Trinajstić information content (AvgIpc) is 3.06. The summed E-state index contributed by atoms with van der Waals surface area (Å²) in [6.07, 6.45) is 0.774. The number of thioether (sulfide) groups is 1. The molecule has 136 valence electrons. The minimum Gasteiger partial charge on any atom is -0.252 e. The van der Waals surface area contributed by atoms with Gasteiger partial charge in [0.15, 0.2) is 5.17 Å². The van der Waals surface area contributed by atoms with Gasteiger partial charge in [-0.15, -0.1) is 0 Å². The maximum atomic E-state index is 5.10. The van der Waals surface area contributed by atoms with Crippen molar-refractivity contribution in [1.82, 2.24) is 5.01 Å². The molecular weight excluding hydrogens is 362 g/mol. The molecule has 0 fully saturated rings. The molecule has 0 aliphatic carbocycles. The van der Waals surface area contributed by atoms with Crippen molar-refractivity contribution in [3.63, 3.8) is 0 Å². The highest BCUT2D eigenvalue weighted by molar-refractivity contribution is 8.16. The summed E-state index contributed by atoms with van der Waals surface area (Å²) in [5.74, 6) is 0. The molecule has 0 radical (unpaired) electrons. The summed E-state index contributed by atoms with van der Waals surface area (Å²) in [7, 11) is 0. The summed E-state index contributed by atoms with van der Waals surface area (Å²) in [4.78, 5) is 5.10. The van der Waals surface area contributed by atoms with E-state index in [1.807, 2.05) is 23.2 Å². The highest BCUT2D eigenvalue weighted by Gasteiger charge is 2.30. The Labute approximate surface area is 169 Å². The zero-order valence-corrected chi connectivity index (χ0v) is 16.1. The Bertz CT molecular complexity index is 1060. The van der Waals surface area contributed by atoms with Crippen LogP contribution >= 0.6 is 11.8 Å². The van der Waals surface area contributed by atoms with Gasteiger partial charge >= 0.3 is 0 Å². The Hall–Kier alpha value is -3.11. The number of aliphatic imine (C=N–C) groups is 1. The first kappa shape index (κ1) is 17.0. The maximum Gasteiger partial charge on any atom is 0.189 e. The maximum absolute atomic E-state index is 5.10. The van der Waals surface area contributed by atoms with Crippen molar-refractivity contribution in [2.24, 2.45) is 10.1 Å². The normalized spacial score (nSPS) is 18.6. The van der Waals surface area contributed by atoms with Gasteiger partial charge in [0.1, 0.15) is 0 Å². The molecule has 0 N–H and O–H groups in total. The molecule has 3 nitrogen and oxygen atoms in total. The first-order valence-electron chi connectivity index (χ1n) is 9.36. The third-order valence-electron chi connectivity index (χ3n) is 4.92. The number of amidine groups is 1. The van der Waals surface area contributed by atoms with Crippen LogP contribution in [0.2, 0.25) is 0 Å². The zero-order chi connectivity index (χ0) is 18.8. The van der Waals surface area contributed by atoms with Crippen LogP contribution in [0.4, 0.5) is 0 Å². The lowest BCUT2D eigenvalue weighted by atomic mass is 9.98.